The molecule has 2 aliphatic rings. The van der Waals surface area contributed by atoms with E-state index >= 15 is 0 Å². The zero-order valence-electron chi connectivity index (χ0n) is 12.2. The van der Waals surface area contributed by atoms with Gasteiger partial charge in [0.2, 0.25) is 0 Å². The molecule has 3 heteroatoms. The summed E-state index contributed by atoms with van der Waals surface area (Å²) in [5, 5.41) is 0. The summed E-state index contributed by atoms with van der Waals surface area (Å²) in [4.78, 5) is 0. The van der Waals surface area contributed by atoms with E-state index in [1.165, 1.54) is 35.1 Å². The van der Waals surface area contributed by atoms with Crippen molar-refractivity contribution in [1.82, 2.24) is 0 Å². The van der Waals surface area contributed by atoms with Crippen LogP contribution in [-0.4, -0.2) is 0 Å². The summed E-state index contributed by atoms with van der Waals surface area (Å²) in [6, 6.07) is 0. The maximum Gasteiger partial charge on any atom is 4.00 e. The molecule has 0 amide bonds. The fourth-order valence-electron chi connectivity index (χ4n) is 1.79. The molecule has 0 heterocycles. The summed E-state index contributed by atoms with van der Waals surface area (Å²) in [6.45, 7) is 8.62. The van der Waals surface area contributed by atoms with Gasteiger partial charge in [0.1, 0.15) is 0 Å². The quantitative estimate of drug-likeness (QED) is 0.540. The first-order chi connectivity index (χ1) is 7.65. The maximum absolute atomic E-state index is 3.18. The first-order valence-corrected chi connectivity index (χ1v) is 6.19. The fraction of sp³-hybridized carbons (Fsp3) is 0.500. The van der Waals surface area contributed by atoms with Gasteiger partial charge in [-0.2, -0.15) is 11.1 Å². The Bertz CT molecular complexity index is 327. The summed E-state index contributed by atoms with van der Waals surface area (Å²) < 4.78 is 0. The molecule has 19 heavy (non-hydrogen) atoms. The van der Waals surface area contributed by atoms with Gasteiger partial charge in [0, 0.05) is 0 Å². The standard InChI is InChI=1S/2C8H11.2ClH.Zr/c2*1-3-8-5-4-7(2)6-8;;;/h2*5H,3,6H2,1-2H3;2*1H;/q2*-1;;;+4/p-2. The van der Waals surface area contributed by atoms with Crippen LogP contribution in [-0.2, 0) is 26.2 Å². The molecule has 0 aromatic rings. The monoisotopic (exact) mass is 374 g/mol. The summed E-state index contributed by atoms with van der Waals surface area (Å²) in [5.41, 5.74) is 5.79. The Morgan fingerprint density at radius 3 is 1.26 bits per heavy atom. The molecule has 0 unspecified atom stereocenters. The number of hydrogen-bond acceptors (Lipinski definition) is 0. The predicted molar refractivity (Wildman–Crippen MR) is 70.8 cm³/mol. The molecule has 0 N–H and O–H groups in total. The Labute approximate surface area is 150 Å². The number of halogens is 2. The molecule has 0 fully saturated rings. The Kier molecular flexibility index (Phi) is 17.2. The second kappa shape index (κ2) is 13.4. The van der Waals surface area contributed by atoms with Crippen molar-refractivity contribution in [1.29, 1.82) is 0 Å². The zero-order chi connectivity index (χ0) is 12.0. The third-order valence-corrected chi connectivity index (χ3v) is 2.94. The summed E-state index contributed by atoms with van der Waals surface area (Å²) >= 11 is 0. The van der Waals surface area contributed by atoms with Crippen molar-refractivity contribution in [3.05, 3.63) is 46.6 Å². The van der Waals surface area contributed by atoms with Crippen LogP contribution in [0, 0.1) is 12.2 Å². The molecule has 104 valence electrons. The minimum atomic E-state index is 0. The summed E-state index contributed by atoms with van der Waals surface area (Å²) in [5.74, 6) is 0. The molecule has 0 spiro atoms. The SMILES string of the molecule is CCC1=C[C-]=C(C)C1.CCC1=C[C-]=C(C)C1.[Cl-].[Cl-].[Zr+4]. The average molecular weight is 376 g/mol. The molecule has 0 aromatic carbocycles. The van der Waals surface area contributed by atoms with Gasteiger partial charge in [-0.25, -0.2) is 23.3 Å². The third-order valence-electron chi connectivity index (χ3n) is 2.94. The van der Waals surface area contributed by atoms with Crippen molar-refractivity contribution in [2.24, 2.45) is 0 Å². The van der Waals surface area contributed by atoms with E-state index in [0.717, 1.165) is 12.8 Å². The summed E-state index contributed by atoms with van der Waals surface area (Å²) in [7, 11) is 0. The van der Waals surface area contributed by atoms with Crippen molar-refractivity contribution in [3.8, 4) is 0 Å². The maximum atomic E-state index is 3.18. The third kappa shape index (κ3) is 9.88. The minimum absolute atomic E-state index is 0. The van der Waals surface area contributed by atoms with Gasteiger partial charge in [-0.05, 0) is 0 Å². The second-order valence-electron chi connectivity index (χ2n) is 4.52. The Hall–Kier alpha value is 0.423. The van der Waals surface area contributed by atoms with Crippen LogP contribution >= 0.6 is 0 Å². The van der Waals surface area contributed by atoms with Gasteiger partial charge in [-0.15, -0.1) is 12.8 Å². The van der Waals surface area contributed by atoms with E-state index in [1.54, 1.807) is 0 Å². The first kappa shape index (κ1) is 24.4. The van der Waals surface area contributed by atoms with E-state index in [-0.39, 0.29) is 51.0 Å². The van der Waals surface area contributed by atoms with Crippen LogP contribution in [0.4, 0.5) is 0 Å². The van der Waals surface area contributed by atoms with Gasteiger partial charge in [-0.3, -0.25) is 12.2 Å². The number of allylic oxidation sites excluding steroid dienone is 8. The normalized spacial score (nSPS) is 15.4. The van der Waals surface area contributed by atoms with Crippen molar-refractivity contribution in [2.45, 2.75) is 53.4 Å². The molecular weight excluding hydrogens is 354 g/mol. The van der Waals surface area contributed by atoms with Gasteiger partial charge >= 0.3 is 26.2 Å². The Morgan fingerprint density at radius 2 is 1.16 bits per heavy atom. The molecule has 0 aliphatic heterocycles. The molecular formula is C16H22Cl2Zr. The van der Waals surface area contributed by atoms with Crippen LogP contribution in [0.5, 0.6) is 0 Å². The van der Waals surface area contributed by atoms with Crippen molar-refractivity contribution >= 4 is 0 Å². The Morgan fingerprint density at radius 1 is 0.842 bits per heavy atom. The van der Waals surface area contributed by atoms with Crippen LogP contribution in [0.1, 0.15) is 53.4 Å². The second-order valence-corrected chi connectivity index (χ2v) is 4.52. The van der Waals surface area contributed by atoms with Crippen molar-refractivity contribution < 1.29 is 51.0 Å². The Balaban J connectivity index is -0.000000233. The van der Waals surface area contributed by atoms with E-state index in [4.69, 9.17) is 0 Å². The van der Waals surface area contributed by atoms with Crippen molar-refractivity contribution in [3.63, 3.8) is 0 Å². The largest absolute Gasteiger partial charge is 4.00 e. The van der Waals surface area contributed by atoms with E-state index in [9.17, 15) is 0 Å². The predicted octanol–water partition coefficient (Wildman–Crippen LogP) is -1.04. The molecule has 2 rings (SSSR count). The van der Waals surface area contributed by atoms with Crippen LogP contribution in [0.3, 0.4) is 0 Å². The molecule has 0 nitrogen and oxygen atoms in total. The summed E-state index contributed by atoms with van der Waals surface area (Å²) in [6.07, 6.45) is 15.3. The van der Waals surface area contributed by atoms with Gasteiger partial charge in [0.05, 0.1) is 0 Å². The average Bonchev–Trinajstić information content (AvgIpc) is 2.88. The first-order valence-electron chi connectivity index (χ1n) is 6.19. The van der Waals surface area contributed by atoms with Gasteiger partial charge in [0.25, 0.3) is 0 Å². The molecule has 0 aromatic heterocycles. The topological polar surface area (TPSA) is 0 Å². The molecule has 0 radical (unpaired) electrons. The zero-order valence-corrected chi connectivity index (χ0v) is 16.2. The smallest absolute Gasteiger partial charge is 1.00 e. The van der Waals surface area contributed by atoms with Crippen LogP contribution in [0.2, 0.25) is 0 Å². The van der Waals surface area contributed by atoms with Gasteiger partial charge < -0.3 is 24.8 Å². The molecule has 0 bridgehead atoms. The number of hydrogen-bond donors (Lipinski definition) is 0. The van der Waals surface area contributed by atoms with E-state index in [0.29, 0.717) is 0 Å². The van der Waals surface area contributed by atoms with E-state index < -0.39 is 0 Å². The molecule has 0 saturated heterocycles. The fourth-order valence-corrected chi connectivity index (χ4v) is 1.79. The molecule has 0 saturated carbocycles. The van der Waals surface area contributed by atoms with Gasteiger partial charge in [0.15, 0.2) is 0 Å². The van der Waals surface area contributed by atoms with Crippen LogP contribution in [0.15, 0.2) is 34.4 Å². The minimum Gasteiger partial charge on any atom is -1.00 e. The van der Waals surface area contributed by atoms with Gasteiger partial charge in [-0.1, -0.05) is 40.5 Å². The van der Waals surface area contributed by atoms with Crippen LogP contribution in [0.25, 0.3) is 0 Å². The van der Waals surface area contributed by atoms with E-state index in [2.05, 4.69) is 52.0 Å². The molecule has 0 atom stereocenters. The van der Waals surface area contributed by atoms with Crippen LogP contribution < -0.4 is 24.8 Å². The molecule has 2 aliphatic carbocycles. The van der Waals surface area contributed by atoms with Crippen molar-refractivity contribution in [2.75, 3.05) is 0 Å². The number of rotatable bonds is 2. The van der Waals surface area contributed by atoms with E-state index in [1.807, 2.05) is 0 Å².